The number of para-hydroxylation sites is 1. The zero-order valence-electron chi connectivity index (χ0n) is 18.4. The lowest BCUT2D eigenvalue weighted by Crippen LogP contribution is -2.62. The van der Waals surface area contributed by atoms with Gasteiger partial charge in [-0.1, -0.05) is 12.1 Å². The van der Waals surface area contributed by atoms with Crippen molar-refractivity contribution in [1.29, 1.82) is 0 Å². The van der Waals surface area contributed by atoms with E-state index in [4.69, 9.17) is 0 Å². The van der Waals surface area contributed by atoms with Gasteiger partial charge in [0, 0.05) is 44.9 Å². The molecule has 2 aromatic rings. The quantitative estimate of drug-likeness (QED) is 0.805. The van der Waals surface area contributed by atoms with Gasteiger partial charge in [-0.3, -0.25) is 19.3 Å². The Morgan fingerprint density at radius 2 is 1.90 bits per heavy atom. The van der Waals surface area contributed by atoms with Crippen molar-refractivity contribution in [3.63, 3.8) is 0 Å². The number of nitrogens with one attached hydrogen (secondary N) is 1. The molecule has 0 saturated carbocycles. The molecule has 4 rings (SSSR count). The van der Waals surface area contributed by atoms with E-state index in [1.165, 1.54) is 0 Å². The minimum Gasteiger partial charge on any atom is -0.378 e. The molecule has 2 aliphatic heterocycles. The number of amides is 3. The number of hydrogen-bond donors (Lipinski definition) is 1. The SMILES string of the molecule is Cc1cc(N(C)C)ccc1NC(=O)CCN1C(=O)c2ccccc2N2C(=O)CC[C@@]12C. The van der Waals surface area contributed by atoms with Gasteiger partial charge in [-0.2, -0.15) is 0 Å². The van der Waals surface area contributed by atoms with Crippen molar-refractivity contribution in [2.75, 3.05) is 35.8 Å². The zero-order valence-corrected chi connectivity index (χ0v) is 18.4. The second-order valence-electron chi connectivity index (χ2n) is 8.61. The standard InChI is InChI=1S/C24H28N4O3/c1-16-15-17(26(3)4)9-10-19(16)25-21(29)12-14-27-23(31)18-7-5-6-8-20(18)28-22(30)11-13-24(27,28)2/h5-10,15H,11-14H2,1-4H3,(H,25,29)/t24-/m0/s1. The molecule has 0 radical (unpaired) electrons. The fourth-order valence-corrected chi connectivity index (χ4v) is 4.53. The third kappa shape index (κ3) is 3.54. The molecule has 2 heterocycles. The first-order chi connectivity index (χ1) is 14.7. The molecule has 0 aliphatic carbocycles. The molecular formula is C24H28N4O3. The molecule has 162 valence electrons. The Kier molecular flexibility index (Phi) is 5.21. The molecule has 31 heavy (non-hydrogen) atoms. The van der Waals surface area contributed by atoms with Crippen molar-refractivity contribution in [3.8, 4) is 0 Å². The van der Waals surface area contributed by atoms with Gasteiger partial charge in [-0.05, 0) is 56.2 Å². The summed E-state index contributed by atoms with van der Waals surface area (Å²) < 4.78 is 0. The van der Waals surface area contributed by atoms with Crippen LogP contribution in [0.15, 0.2) is 42.5 Å². The van der Waals surface area contributed by atoms with Gasteiger partial charge in [0.1, 0.15) is 5.66 Å². The predicted molar refractivity (Wildman–Crippen MR) is 121 cm³/mol. The number of carbonyl (C=O) groups excluding carboxylic acids is 3. The van der Waals surface area contributed by atoms with Crippen LogP contribution in [0.2, 0.25) is 0 Å². The fourth-order valence-electron chi connectivity index (χ4n) is 4.53. The Balaban J connectivity index is 1.51. The van der Waals surface area contributed by atoms with Crippen molar-refractivity contribution in [3.05, 3.63) is 53.6 Å². The number of carbonyl (C=O) groups is 3. The summed E-state index contributed by atoms with van der Waals surface area (Å²) in [6.45, 7) is 4.11. The summed E-state index contributed by atoms with van der Waals surface area (Å²) in [7, 11) is 3.94. The first-order valence-electron chi connectivity index (χ1n) is 10.5. The van der Waals surface area contributed by atoms with Gasteiger partial charge in [-0.15, -0.1) is 0 Å². The van der Waals surface area contributed by atoms with E-state index in [2.05, 4.69) is 5.32 Å². The zero-order chi connectivity index (χ0) is 22.3. The lowest BCUT2D eigenvalue weighted by atomic mass is 9.98. The van der Waals surface area contributed by atoms with E-state index >= 15 is 0 Å². The van der Waals surface area contributed by atoms with E-state index in [0.717, 1.165) is 16.9 Å². The molecule has 1 fully saturated rings. The van der Waals surface area contributed by atoms with Crippen LogP contribution < -0.4 is 15.1 Å². The number of rotatable bonds is 5. The summed E-state index contributed by atoms with van der Waals surface area (Å²) in [5.74, 6) is -0.288. The number of fused-ring (bicyclic) bond motifs is 3. The van der Waals surface area contributed by atoms with Gasteiger partial charge in [0.15, 0.2) is 0 Å². The molecule has 1 N–H and O–H groups in total. The molecule has 1 saturated heterocycles. The van der Waals surface area contributed by atoms with Crippen LogP contribution in [-0.2, 0) is 9.59 Å². The molecule has 0 unspecified atom stereocenters. The third-order valence-electron chi connectivity index (χ3n) is 6.31. The van der Waals surface area contributed by atoms with Crippen molar-refractivity contribution < 1.29 is 14.4 Å². The van der Waals surface area contributed by atoms with E-state index in [1.54, 1.807) is 21.9 Å². The maximum absolute atomic E-state index is 13.2. The normalized spacial score (nSPS) is 19.9. The van der Waals surface area contributed by atoms with Crippen molar-refractivity contribution in [1.82, 2.24) is 4.90 Å². The molecule has 2 aromatic carbocycles. The third-order valence-corrected chi connectivity index (χ3v) is 6.31. The first kappa shape index (κ1) is 20.9. The predicted octanol–water partition coefficient (Wildman–Crippen LogP) is 3.39. The van der Waals surface area contributed by atoms with Crippen LogP contribution in [0.4, 0.5) is 17.1 Å². The van der Waals surface area contributed by atoms with Crippen LogP contribution in [-0.4, -0.2) is 48.9 Å². The van der Waals surface area contributed by atoms with E-state index < -0.39 is 5.66 Å². The number of benzene rings is 2. The average molecular weight is 421 g/mol. The maximum atomic E-state index is 13.2. The number of aryl methyl sites for hydroxylation is 1. The van der Waals surface area contributed by atoms with Gasteiger partial charge >= 0.3 is 0 Å². The smallest absolute Gasteiger partial charge is 0.257 e. The molecule has 2 aliphatic rings. The number of nitrogens with zero attached hydrogens (tertiary/aromatic N) is 3. The lowest BCUT2D eigenvalue weighted by molar-refractivity contribution is -0.117. The van der Waals surface area contributed by atoms with Crippen LogP contribution in [0.3, 0.4) is 0 Å². The fraction of sp³-hybridized carbons (Fsp3) is 0.375. The second kappa shape index (κ2) is 7.72. The Labute approximate surface area is 182 Å². The number of hydrogen-bond acceptors (Lipinski definition) is 4. The monoisotopic (exact) mass is 420 g/mol. The average Bonchev–Trinajstić information content (AvgIpc) is 3.04. The number of anilines is 3. The lowest BCUT2D eigenvalue weighted by Gasteiger charge is -2.48. The Hall–Kier alpha value is -3.35. The second-order valence-corrected chi connectivity index (χ2v) is 8.61. The maximum Gasteiger partial charge on any atom is 0.257 e. The molecule has 0 spiro atoms. The Morgan fingerprint density at radius 3 is 2.61 bits per heavy atom. The van der Waals surface area contributed by atoms with Gasteiger partial charge in [-0.25, -0.2) is 0 Å². The van der Waals surface area contributed by atoms with Crippen LogP contribution in [0.1, 0.15) is 42.1 Å². The van der Waals surface area contributed by atoms with Crippen LogP contribution >= 0.6 is 0 Å². The van der Waals surface area contributed by atoms with Crippen LogP contribution in [0.25, 0.3) is 0 Å². The summed E-state index contributed by atoms with van der Waals surface area (Å²) in [6.07, 6.45) is 1.09. The molecule has 1 atom stereocenters. The van der Waals surface area contributed by atoms with Gasteiger partial charge in [0.2, 0.25) is 11.8 Å². The Morgan fingerprint density at radius 1 is 1.16 bits per heavy atom. The van der Waals surface area contributed by atoms with E-state index in [-0.39, 0.29) is 30.7 Å². The van der Waals surface area contributed by atoms with Gasteiger partial charge in [0.25, 0.3) is 5.91 Å². The summed E-state index contributed by atoms with van der Waals surface area (Å²) >= 11 is 0. The molecule has 0 aromatic heterocycles. The van der Waals surface area contributed by atoms with Crippen molar-refractivity contribution in [2.24, 2.45) is 0 Å². The summed E-state index contributed by atoms with van der Waals surface area (Å²) in [6, 6.07) is 13.1. The highest BCUT2D eigenvalue weighted by atomic mass is 16.2. The summed E-state index contributed by atoms with van der Waals surface area (Å²) in [5.41, 5.74) is 3.22. The highest BCUT2D eigenvalue weighted by molar-refractivity contribution is 6.10. The Bertz CT molecular complexity index is 1060. The van der Waals surface area contributed by atoms with E-state index in [1.807, 2.05) is 63.2 Å². The van der Waals surface area contributed by atoms with Crippen LogP contribution in [0, 0.1) is 6.92 Å². The molecular weight excluding hydrogens is 392 g/mol. The minimum absolute atomic E-state index is 0.00788. The molecule has 7 heteroatoms. The molecule has 0 bridgehead atoms. The largest absolute Gasteiger partial charge is 0.378 e. The van der Waals surface area contributed by atoms with Crippen molar-refractivity contribution in [2.45, 2.75) is 38.8 Å². The highest BCUT2D eigenvalue weighted by Crippen LogP contribution is 2.44. The van der Waals surface area contributed by atoms with Crippen LogP contribution in [0.5, 0.6) is 0 Å². The topological polar surface area (TPSA) is 73.0 Å². The first-order valence-corrected chi connectivity index (χ1v) is 10.5. The van der Waals surface area contributed by atoms with Crippen molar-refractivity contribution >= 4 is 34.8 Å². The van der Waals surface area contributed by atoms with Gasteiger partial charge < -0.3 is 15.1 Å². The molecule has 3 amide bonds. The highest BCUT2D eigenvalue weighted by Gasteiger charge is 2.52. The van der Waals surface area contributed by atoms with E-state index in [9.17, 15) is 14.4 Å². The molecule has 7 nitrogen and oxygen atoms in total. The summed E-state index contributed by atoms with van der Waals surface area (Å²) in [5, 5.41) is 2.95. The minimum atomic E-state index is -0.744. The summed E-state index contributed by atoms with van der Waals surface area (Å²) in [4.78, 5) is 44.0. The van der Waals surface area contributed by atoms with E-state index in [0.29, 0.717) is 24.1 Å². The van der Waals surface area contributed by atoms with Gasteiger partial charge in [0.05, 0.1) is 11.3 Å².